The van der Waals surface area contributed by atoms with Crippen LogP contribution in [0.15, 0.2) is 18.2 Å². The Kier molecular flexibility index (Phi) is 8.64. The van der Waals surface area contributed by atoms with Gasteiger partial charge in [0.05, 0.1) is 0 Å². The number of halogens is 1. The third-order valence-corrected chi connectivity index (χ3v) is 6.86. The lowest BCUT2D eigenvalue weighted by Gasteiger charge is -2.38. The van der Waals surface area contributed by atoms with Crippen LogP contribution in [-0.4, -0.2) is 62.8 Å². The van der Waals surface area contributed by atoms with Crippen molar-refractivity contribution in [1.29, 1.82) is 0 Å². The number of rotatable bonds is 8. The Labute approximate surface area is 180 Å². The van der Waals surface area contributed by atoms with Crippen LogP contribution in [0.5, 0.6) is 0 Å². The smallest absolute Gasteiger partial charge is 0.246 e. The molecule has 0 atom stereocenters. The molecule has 0 spiro atoms. The monoisotopic (exact) mass is 421 g/mol. The molecule has 1 heterocycles. The Bertz CT molecular complexity index is 654. The summed E-state index contributed by atoms with van der Waals surface area (Å²) in [5.74, 6) is 0.825. The van der Waals surface area contributed by atoms with E-state index in [-0.39, 0.29) is 12.5 Å². The lowest BCUT2D eigenvalue weighted by molar-refractivity contribution is -0.126. The van der Waals surface area contributed by atoms with Crippen LogP contribution in [0.1, 0.15) is 44.6 Å². The van der Waals surface area contributed by atoms with Crippen LogP contribution in [0, 0.1) is 12.8 Å². The minimum Gasteiger partial charge on any atom is -0.372 e. The Hall–Kier alpha value is -1.30. The molecule has 2 aliphatic rings. The molecule has 1 N–H and O–H groups in total. The highest BCUT2D eigenvalue weighted by atomic mass is 35.5. The number of benzene rings is 1. The third kappa shape index (κ3) is 6.59. The molecule has 0 aromatic heterocycles. The standard InChI is InChI=1S/C23H36ClN3O2/c1-3-29-17-23(28)25-20-9-7-19(8-10-20)11-12-26-13-15-27(16-14-26)22-6-4-5-21(24)18(22)2/h4-6,19-20H,3,7-17H2,1-2H3,(H,25,28). The van der Waals surface area contributed by atoms with E-state index in [1.54, 1.807) is 0 Å². The predicted molar refractivity (Wildman–Crippen MR) is 120 cm³/mol. The van der Waals surface area contributed by atoms with Gasteiger partial charge in [0.2, 0.25) is 5.91 Å². The van der Waals surface area contributed by atoms with Crippen LogP contribution in [-0.2, 0) is 9.53 Å². The zero-order valence-corrected chi connectivity index (χ0v) is 18.7. The summed E-state index contributed by atoms with van der Waals surface area (Å²) in [5.41, 5.74) is 2.47. The van der Waals surface area contributed by atoms with Crippen molar-refractivity contribution in [3.05, 3.63) is 28.8 Å². The highest BCUT2D eigenvalue weighted by Crippen LogP contribution is 2.29. The molecule has 1 saturated carbocycles. The number of amides is 1. The van der Waals surface area contributed by atoms with E-state index in [1.807, 2.05) is 19.1 Å². The van der Waals surface area contributed by atoms with Gasteiger partial charge < -0.3 is 15.0 Å². The van der Waals surface area contributed by atoms with Gasteiger partial charge in [0.1, 0.15) is 6.61 Å². The quantitative estimate of drug-likeness (QED) is 0.692. The molecule has 2 fully saturated rings. The van der Waals surface area contributed by atoms with E-state index >= 15 is 0 Å². The summed E-state index contributed by atoms with van der Waals surface area (Å²) in [6, 6.07) is 6.54. The molecule has 0 unspecified atom stereocenters. The van der Waals surface area contributed by atoms with E-state index in [1.165, 1.54) is 37.1 Å². The van der Waals surface area contributed by atoms with Gasteiger partial charge in [0.15, 0.2) is 0 Å². The molecular weight excluding hydrogens is 386 g/mol. The zero-order valence-electron chi connectivity index (χ0n) is 18.0. The van der Waals surface area contributed by atoms with Crippen molar-refractivity contribution in [1.82, 2.24) is 10.2 Å². The molecular formula is C23H36ClN3O2. The van der Waals surface area contributed by atoms with Crippen molar-refractivity contribution < 1.29 is 9.53 Å². The van der Waals surface area contributed by atoms with E-state index in [2.05, 4.69) is 28.1 Å². The number of nitrogens with one attached hydrogen (secondary N) is 1. The van der Waals surface area contributed by atoms with Crippen LogP contribution < -0.4 is 10.2 Å². The molecule has 1 saturated heterocycles. The van der Waals surface area contributed by atoms with Crippen LogP contribution in [0.25, 0.3) is 0 Å². The van der Waals surface area contributed by atoms with Crippen LogP contribution >= 0.6 is 11.6 Å². The zero-order chi connectivity index (χ0) is 20.6. The second-order valence-electron chi connectivity index (χ2n) is 8.42. The third-order valence-electron chi connectivity index (χ3n) is 6.45. The van der Waals surface area contributed by atoms with Gasteiger partial charge in [-0.1, -0.05) is 17.7 Å². The van der Waals surface area contributed by atoms with E-state index < -0.39 is 0 Å². The molecule has 1 aromatic carbocycles. The van der Waals surface area contributed by atoms with Gasteiger partial charge in [-0.05, 0) is 76.1 Å². The number of nitrogens with zero attached hydrogens (tertiary/aromatic N) is 2. The molecule has 5 nitrogen and oxygen atoms in total. The average molecular weight is 422 g/mol. The molecule has 0 bridgehead atoms. The number of anilines is 1. The molecule has 1 amide bonds. The summed E-state index contributed by atoms with van der Waals surface area (Å²) in [4.78, 5) is 16.9. The van der Waals surface area contributed by atoms with E-state index in [4.69, 9.17) is 16.3 Å². The Morgan fingerprint density at radius 2 is 1.90 bits per heavy atom. The number of hydrogen-bond donors (Lipinski definition) is 1. The first kappa shape index (κ1) is 22.4. The van der Waals surface area contributed by atoms with Gasteiger partial charge in [0, 0.05) is 49.5 Å². The number of piperazine rings is 1. The fourth-order valence-corrected chi connectivity index (χ4v) is 4.75. The van der Waals surface area contributed by atoms with Crippen molar-refractivity contribution in [3.63, 3.8) is 0 Å². The first-order valence-corrected chi connectivity index (χ1v) is 11.5. The summed E-state index contributed by atoms with van der Waals surface area (Å²) >= 11 is 6.29. The SMILES string of the molecule is CCOCC(=O)NC1CCC(CCN2CCN(c3cccc(Cl)c3C)CC2)CC1. The van der Waals surface area contributed by atoms with Crippen molar-refractivity contribution in [2.75, 3.05) is 50.8 Å². The normalized spacial score (nSPS) is 23.2. The van der Waals surface area contributed by atoms with Crippen molar-refractivity contribution in [2.45, 2.75) is 52.0 Å². The fourth-order valence-electron chi connectivity index (χ4n) is 4.58. The largest absolute Gasteiger partial charge is 0.372 e. The molecule has 1 aliphatic heterocycles. The Balaban J connectivity index is 1.33. The Morgan fingerprint density at radius 1 is 1.17 bits per heavy atom. The highest BCUT2D eigenvalue weighted by molar-refractivity contribution is 6.31. The fraction of sp³-hybridized carbons (Fsp3) is 0.696. The first-order valence-electron chi connectivity index (χ1n) is 11.2. The van der Waals surface area contributed by atoms with Gasteiger partial charge in [-0.3, -0.25) is 9.69 Å². The molecule has 1 aromatic rings. The summed E-state index contributed by atoms with van der Waals surface area (Å²) < 4.78 is 5.18. The second kappa shape index (κ2) is 11.2. The minimum absolute atomic E-state index is 0.0307. The maximum atomic E-state index is 11.8. The van der Waals surface area contributed by atoms with Crippen LogP contribution in [0.2, 0.25) is 5.02 Å². The van der Waals surface area contributed by atoms with Crippen molar-refractivity contribution in [3.8, 4) is 0 Å². The molecule has 6 heteroatoms. The summed E-state index contributed by atoms with van der Waals surface area (Å²) in [5, 5.41) is 3.98. The maximum Gasteiger partial charge on any atom is 0.246 e. The average Bonchev–Trinajstić information content (AvgIpc) is 2.74. The van der Waals surface area contributed by atoms with Gasteiger partial charge in [-0.2, -0.15) is 0 Å². The molecule has 162 valence electrons. The maximum absolute atomic E-state index is 11.8. The number of hydrogen-bond acceptors (Lipinski definition) is 4. The lowest BCUT2D eigenvalue weighted by Crippen LogP contribution is -2.47. The minimum atomic E-state index is 0.0307. The summed E-state index contributed by atoms with van der Waals surface area (Å²) in [6.45, 7) is 10.4. The molecule has 1 aliphatic carbocycles. The van der Waals surface area contributed by atoms with Crippen molar-refractivity contribution in [2.24, 2.45) is 5.92 Å². The predicted octanol–water partition coefficient (Wildman–Crippen LogP) is 3.87. The highest BCUT2D eigenvalue weighted by Gasteiger charge is 2.24. The van der Waals surface area contributed by atoms with Crippen LogP contribution in [0.4, 0.5) is 5.69 Å². The number of carbonyl (C=O) groups excluding carboxylic acids is 1. The first-order chi connectivity index (χ1) is 14.1. The van der Waals surface area contributed by atoms with Gasteiger partial charge in [0.25, 0.3) is 0 Å². The van der Waals surface area contributed by atoms with Gasteiger partial charge in [-0.15, -0.1) is 0 Å². The number of ether oxygens (including phenoxy) is 1. The summed E-state index contributed by atoms with van der Waals surface area (Å²) in [6.07, 6.45) is 5.92. The van der Waals surface area contributed by atoms with Crippen LogP contribution in [0.3, 0.4) is 0 Å². The summed E-state index contributed by atoms with van der Waals surface area (Å²) in [7, 11) is 0. The Morgan fingerprint density at radius 3 is 2.59 bits per heavy atom. The number of carbonyl (C=O) groups is 1. The second-order valence-corrected chi connectivity index (χ2v) is 8.83. The molecule has 0 radical (unpaired) electrons. The molecule has 3 rings (SSSR count). The molecule has 29 heavy (non-hydrogen) atoms. The topological polar surface area (TPSA) is 44.8 Å². The lowest BCUT2D eigenvalue weighted by atomic mass is 9.84. The van der Waals surface area contributed by atoms with Crippen molar-refractivity contribution >= 4 is 23.2 Å². The van der Waals surface area contributed by atoms with E-state index in [0.717, 1.165) is 50.0 Å². The van der Waals surface area contributed by atoms with E-state index in [9.17, 15) is 4.79 Å². The van der Waals surface area contributed by atoms with Gasteiger partial charge in [-0.25, -0.2) is 0 Å². The van der Waals surface area contributed by atoms with Gasteiger partial charge >= 0.3 is 0 Å². The van der Waals surface area contributed by atoms with E-state index in [0.29, 0.717) is 12.6 Å².